The van der Waals surface area contributed by atoms with Crippen LogP contribution in [0.25, 0.3) is 0 Å². The molecule has 1 fully saturated rings. The average molecular weight is 233 g/mol. The maximum absolute atomic E-state index is 8.90. The van der Waals surface area contributed by atoms with Gasteiger partial charge >= 0.3 is 0 Å². The lowest BCUT2D eigenvalue weighted by Gasteiger charge is -2.22. The standard InChI is InChI=1S/C12H15N3S/c13-8-12-11(5-3-6-14-12)15-9-10-4-1-2-7-16-10/h3,5-6,10,15H,1-2,4,7,9H2. The molecule has 0 radical (unpaired) electrons. The maximum atomic E-state index is 8.90. The van der Waals surface area contributed by atoms with Gasteiger partial charge in [-0.1, -0.05) is 6.42 Å². The summed E-state index contributed by atoms with van der Waals surface area (Å²) >= 11 is 2.03. The van der Waals surface area contributed by atoms with Crippen LogP contribution in [0.1, 0.15) is 25.0 Å². The quantitative estimate of drug-likeness (QED) is 0.872. The number of hydrogen-bond acceptors (Lipinski definition) is 4. The van der Waals surface area contributed by atoms with Crippen molar-refractivity contribution in [2.45, 2.75) is 24.5 Å². The molecule has 1 aromatic heterocycles. The van der Waals surface area contributed by atoms with E-state index in [-0.39, 0.29) is 0 Å². The van der Waals surface area contributed by atoms with Crippen molar-refractivity contribution in [3.63, 3.8) is 0 Å². The first-order chi connectivity index (χ1) is 7.90. The summed E-state index contributed by atoms with van der Waals surface area (Å²) in [6.07, 6.45) is 5.61. The van der Waals surface area contributed by atoms with Gasteiger partial charge < -0.3 is 5.32 Å². The molecule has 2 rings (SSSR count). The van der Waals surface area contributed by atoms with Crippen LogP contribution < -0.4 is 5.32 Å². The second-order valence-electron chi connectivity index (χ2n) is 3.88. The Morgan fingerprint density at radius 3 is 3.25 bits per heavy atom. The number of rotatable bonds is 3. The zero-order valence-corrected chi connectivity index (χ0v) is 9.96. The molecule has 1 saturated heterocycles. The number of nitrogens with one attached hydrogen (secondary N) is 1. The third-order valence-corrected chi connectivity index (χ3v) is 4.11. The van der Waals surface area contributed by atoms with Crippen LogP contribution >= 0.6 is 11.8 Å². The molecule has 16 heavy (non-hydrogen) atoms. The van der Waals surface area contributed by atoms with Gasteiger partial charge in [-0.15, -0.1) is 0 Å². The highest BCUT2D eigenvalue weighted by molar-refractivity contribution is 7.99. The molecule has 84 valence electrons. The molecule has 0 bridgehead atoms. The highest BCUT2D eigenvalue weighted by atomic mass is 32.2. The predicted octanol–water partition coefficient (Wildman–Crippen LogP) is 2.65. The van der Waals surface area contributed by atoms with Gasteiger partial charge in [-0.05, 0) is 30.7 Å². The lowest BCUT2D eigenvalue weighted by atomic mass is 10.2. The van der Waals surface area contributed by atoms with Gasteiger partial charge in [-0.3, -0.25) is 0 Å². The van der Waals surface area contributed by atoms with E-state index in [4.69, 9.17) is 5.26 Å². The van der Waals surface area contributed by atoms with Gasteiger partial charge in [-0.25, -0.2) is 4.98 Å². The first-order valence-corrected chi connectivity index (χ1v) is 6.65. The highest BCUT2D eigenvalue weighted by Crippen LogP contribution is 2.25. The van der Waals surface area contributed by atoms with Crippen molar-refractivity contribution in [1.29, 1.82) is 5.26 Å². The van der Waals surface area contributed by atoms with Crippen LogP contribution in [0.15, 0.2) is 18.3 Å². The third-order valence-electron chi connectivity index (χ3n) is 2.71. The molecule has 1 unspecified atom stereocenters. The molecule has 3 nitrogen and oxygen atoms in total. The lowest BCUT2D eigenvalue weighted by Crippen LogP contribution is -2.20. The molecular weight excluding hydrogens is 218 g/mol. The fourth-order valence-corrected chi connectivity index (χ4v) is 3.07. The Kier molecular flexibility index (Phi) is 4.06. The van der Waals surface area contributed by atoms with Gasteiger partial charge in [0, 0.05) is 18.0 Å². The zero-order valence-electron chi connectivity index (χ0n) is 9.15. The van der Waals surface area contributed by atoms with E-state index in [9.17, 15) is 0 Å². The molecular formula is C12H15N3S. The monoisotopic (exact) mass is 233 g/mol. The largest absolute Gasteiger partial charge is 0.382 e. The number of thioether (sulfide) groups is 1. The summed E-state index contributed by atoms with van der Waals surface area (Å²) in [6, 6.07) is 5.88. The van der Waals surface area contributed by atoms with Gasteiger partial charge in [0.15, 0.2) is 5.69 Å². The van der Waals surface area contributed by atoms with Gasteiger partial charge in [-0.2, -0.15) is 17.0 Å². The van der Waals surface area contributed by atoms with Crippen LogP contribution in [0, 0.1) is 11.3 Å². The van der Waals surface area contributed by atoms with Crippen LogP contribution in [0.4, 0.5) is 5.69 Å². The Morgan fingerprint density at radius 1 is 1.56 bits per heavy atom. The number of anilines is 1. The molecule has 1 atom stereocenters. The normalized spacial score (nSPS) is 20.1. The molecule has 0 spiro atoms. The van der Waals surface area contributed by atoms with E-state index >= 15 is 0 Å². The summed E-state index contributed by atoms with van der Waals surface area (Å²) in [4.78, 5) is 4.03. The SMILES string of the molecule is N#Cc1ncccc1NCC1CCCCS1. The molecule has 1 aliphatic heterocycles. The Bertz CT molecular complexity index is 380. The van der Waals surface area contributed by atoms with Gasteiger partial charge in [0.25, 0.3) is 0 Å². The van der Waals surface area contributed by atoms with Crippen LogP contribution in [0.3, 0.4) is 0 Å². The second-order valence-corrected chi connectivity index (χ2v) is 5.29. The van der Waals surface area contributed by atoms with E-state index in [0.29, 0.717) is 10.9 Å². The van der Waals surface area contributed by atoms with Crippen molar-refractivity contribution >= 4 is 17.4 Å². The average Bonchev–Trinajstić information content (AvgIpc) is 2.38. The van der Waals surface area contributed by atoms with Crippen molar-refractivity contribution in [3.8, 4) is 6.07 Å². The summed E-state index contributed by atoms with van der Waals surface area (Å²) < 4.78 is 0. The van der Waals surface area contributed by atoms with Crippen LogP contribution in [-0.4, -0.2) is 22.5 Å². The van der Waals surface area contributed by atoms with E-state index in [1.807, 2.05) is 23.9 Å². The first kappa shape index (κ1) is 11.3. The highest BCUT2D eigenvalue weighted by Gasteiger charge is 2.14. The van der Waals surface area contributed by atoms with E-state index < -0.39 is 0 Å². The smallest absolute Gasteiger partial charge is 0.163 e. The van der Waals surface area contributed by atoms with Crippen LogP contribution in [0.5, 0.6) is 0 Å². The summed E-state index contributed by atoms with van der Waals surface area (Å²) in [5.74, 6) is 1.27. The molecule has 1 N–H and O–H groups in total. The second kappa shape index (κ2) is 5.76. The van der Waals surface area contributed by atoms with Gasteiger partial charge in [0.2, 0.25) is 0 Å². The van der Waals surface area contributed by atoms with Crippen molar-refractivity contribution in [2.24, 2.45) is 0 Å². The molecule has 0 aliphatic carbocycles. The summed E-state index contributed by atoms with van der Waals surface area (Å²) in [7, 11) is 0. The fourth-order valence-electron chi connectivity index (χ4n) is 1.83. The first-order valence-electron chi connectivity index (χ1n) is 5.61. The number of hydrogen-bond donors (Lipinski definition) is 1. The van der Waals surface area contributed by atoms with Crippen molar-refractivity contribution in [1.82, 2.24) is 4.98 Å². The molecule has 4 heteroatoms. The van der Waals surface area contributed by atoms with E-state index in [0.717, 1.165) is 12.2 Å². The number of pyridine rings is 1. The molecule has 1 aromatic rings. The minimum Gasteiger partial charge on any atom is -0.382 e. The molecule has 0 amide bonds. The summed E-state index contributed by atoms with van der Waals surface area (Å²) in [5, 5.41) is 12.9. The Hall–Kier alpha value is -1.21. The Balaban J connectivity index is 1.91. The summed E-state index contributed by atoms with van der Waals surface area (Å²) in [6.45, 7) is 0.936. The molecule has 0 saturated carbocycles. The number of nitrogens with zero attached hydrogens (tertiary/aromatic N) is 2. The van der Waals surface area contributed by atoms with E-state index in [1.165, 1.54) is 25.0 Å². The minimum absolute atomic E-state index is 0.489. The summed E-state index contributed by atoms with van der Waals surface area (Å²) in [5.41, 5.74) is 1.35. The van der Waals surface area contributed by atoms with Crippen LogP contribution in [0.2, 0.25) is 0 Å². The van der Waals surface area contributed by atoms with Crippen molar-refractivity contribution in [2.75, 3.05) is 17.6 Å². The molecule has 1 aliphatic rings. The topological polar surface area (TPSA) is 48.7 Å². The Labute approximate surface area is 100 Å². The molecule has 2 heterocycles. The zero-order chi connectivity index (χ0) is 11.2. The van der Waals surface area contributed by atoms with E-state index in [1.54, 1.807) is 6.20 Å². The molecule has 0 aromatic carbocycles. The third kappa shape index (κ3) is 2.89. The number of aromatic nitrogens is 1. The van der Waals surface area contributed by atoms with Crippen molar-refractivity contribution in [3.05, 3.63) is 24.0 Å². The number of nitriles is 1. The van der Waals surface area contributed by atoms with Gasteiger partial charge in [0.1, 0.15) is 6.07 Å². The van der Waals surface area contributed by atoms with Gasteiger partial charge in [0.05, 0.1) is 5.69 Å². The van der Waals surface area contributed by atoms with Crippen LogP contribution in [-0.2, 0) is 0 Å². The lowest BCUT2D eigenvalue weighted by molar-refractivity contribution is 0.677. The minimum atomic E-state index is 0.489. The fraction of sp³-hybridized carbons (Fsp3) is 0.500. The van der Waals surface area contributed by atoms with Crippen molar-refractivity contribution < 1.29 is 0 Å². The predicted molar refractivity (Wildman–Crippen MR) is 67.5 cm³/mol. The maximum Gasteiger partial charge on any atom is 0.163 e. The van der Waals surface area contributed by atoms with E-state index in [2.05, 4.69) is 16.4 Å². The Morgan fingerprint density at radius 2 is 2.50 bits per heavy atom.